The molecule has 5 heteroatoms. The van der Waals surface area contributed by atoms with Crippen LogP contribution >= 0.6 is 0 Å². The number of ether oxygens (including phenoxy) is 2. The summed E-state index contributed by atoms with van der Waals surface area (Å²) in [5.74, 6) is 0.129. The van der Waals surface area contributed by atoms with Gasteiger partial charge in [0.1, 0.15) is 0 Å². The Hall–Kier alpha value is -0.541. The molecule has 4 atom stereocenters. The molecule has 10 heterocycles. The second kappa shape index (κ2) is 1.01. The Labute approximate surface area is 124 Å². The van der Waals surface area contributed by atoms with Gasteiger partial charge in [-0.25, -0.2) is 0 Å². The molecule has 0 radical (unpaired) electrons. The number of hydrogen-bond donors (Lipinski definition) is 0. The van der Waals surface area contributed by atoms with Crippen molar-refractivity contribution in [3.63, 3.8) is 0 Å². The van der Waals surface area contributed by atoms with E-state index in [9.17, 15) is 9.59 Å². The first-order valence-electron chi connectivity index (χ1n) is 9.24. The average Bonchev–Trinajstić information content (AvgIpc) is 3.38. The van der Waals surface area contributed by atoms with Crippen molar-refractivity contribution < 1.29 is 25.6 Å². The number of esters is 2. The molecule has 0 N–H and O–H groups in total. The Kier molecular flexibility index (Phi) is 0.457. The topological polar surface area (TPSA) is 52.6 Å². The van der Waals surface area contributed by atoms with Gasteiger partial charge in [0.15, 0.2) is 0 Å². The third kappa shape index (κ3) is 0.134. The van der Waals surface area contributed by atoms with Crippen LogP contribution in [0.15, 0.2) is 0 Å². The number of carbonyl (C=O) groups is 2. The van der Waals surface area contributed by atoms with Crippen molar-refractivity contribution >= 4 is 11.9 Å². The minimum absolute atomic E-state index is 0.0645. The zero-order chi connectivity index (χ0) is 15.7. The first-order valence-corrected chi connectivity index (χ1v) is 15.4. The van der Waals surface area contributed by atoms with E-state index in [0.29, 0.717) is 9.63 Å². The Morgan fingerprint density at radius 2 is 1.09 bits per heavy atom. The SMILES string of the molecule is CC(C)OC(=O)[C]12[CH]3[CH]4[CH]5[C]1(C(=O)OC(C)C)[Fe]43521678[CH]2[CH]1[CH]6[CH]7[CH]28. The Bertz CT molecular complexity index is 1120. The average molecular weight is 358 g/mol. The third-order valence-corrected chi connectivity index (χ3v) is 58.8. The van der Waals surface area contributed by atoms with Crippen molar-refractivity contribution in [1.29, 1.82) is 0 Å². The van der Waals surface area contributed by atoms with Gasteiger partial charge in [-0.2, -0.15) is 0 Å². The van der Waals surface area contributed by atoms with Crippen LogP contribution in [-0.4, -0.2) is 24.1 Å². The monoisotopic (exact) mass is 358 g/mol. The van der Waals surface area contributed by atoms with Gasteiger partial charge in [0, 0.05) is 0 Å². The van der Waals surface area contributed by atoms with Gasteiger partial charge < -0.3 is 0 Å². The summed E-state index contributed by atoms with van der Waals surface area (Å²) in [5, 5.41) is 0. The van der Waals surface area contributed by atoms with E-state index in [1.54, 1.807) is 0 Å². The van der Waals surface area contributed by atoms with Crippen LogP contribution < -0.4 is 0 Å². The Morgan fingerprint density at radius 3 is 1.30 bits per heavy atom. The molecule has 0 aromatic heterocycles. The summed E-state index contributed by atoms with van der Waals surface area (Å²) in [7, 11) is 0. The zero-order valence-electron chi connectivity index (χ0n) is 13.8. The summed E-state index contributed by atoms with van der Waals surface area (Å²) in [6, 6.07) is 0. The van der Waals surface area contributed by atoms with Crippen molar-refractivity contribution in [2.45, 2.75) is 87.1 Å². The van der Waals surface area contributed by atoms with Gasteiger partial charge in [0.05, 0.1) is 0 Å². The summed E-state index contributed by atoms with van der Waals surface area (Å²) in [6.45, 7) is 3.73. The molecule has 23 heavy (non-hydrogen) atoms. The van der Waals surface area contributed by atoms with Gasteiger partial charge in [-0.1, -0.05) is 0 Å². The molecule has 0 aromatic rings. The molecule has 0 aliphatic carbocycles. The van der Waals surface area contributed by atoms with Gasteiger partial charge in [-0.15, -0.1) is 0 Å². The predicted molar refractivity (Wildman–Crippen MR) is 77.8 cm³/mol. The van der Waals surface area contributed by atoms with Crippen LogP contribution in [0, 0.1) is 0 Å². The predicted octanol–water partition coefficient (Wildman–Crippen LogP) is 4.02. The number of carbonyl (C=O) groups excluding carboxylic acids is 2. The maximum absolute atomic E-state index is 13.4. The van der Waals surface area contributed by atoms with Gasteiger partial charge in [-0.05, 0) is 0 Å². The van der Waals surface area contributed by atoms with Gasteiger partial charge in [-0.3, -0.25) is 0 Å². The molecule has 0 bridgehead atoms. The molecule has 0 aromatic carbocycles. The fourth-order valence-corrected chi connectivity index (χ4v) is 93.1. The summed E-state index contributed by atoms with van der Waals surface area (Å²) < 4.78 is 11.2. The van der Waals surface area contributed by atoms with Crippen molar-refractivity contribution in [3.8, 4) is 0 Å². The van der Waals surface area contributed by atoms with Crippen LogP contribution in [0.2, 0.25) is 47.2 Å². The van der Waals surface area contributed by atoms with Crippen LogP contribution in [0.25, 0.3) is 0 Å². The van der Waals surface area contributed by atoms with Crippen molar-refractivity contribution in [3.05, 3.63) is 0 Å². The molecule has 10 aliphatic heterocycles. The normalized spacial score (nSPS) is 94.3. The zero-order valence-corrected chi connectivity index (χ0v) is 14.9. The summed E-state index contributed by atoms with van der Waals surface area (Å²) in [6.07, 6.45) is -0.137. The van der Waals surface area contributed by atoms with E-state index in [2.05, 4.69) is 0 Å². The molecule has 0 saturated carbocycles. The number of hydrogen-bond acceptors (Lipinski definition) is 4. The van der Waals surface area contributed by atoms with Crippen molar-refractivity contribution in [1.82, 2.24) is 0 Å². The fourth-order valence-electron chi connectivity index (χ4n) is 18.3. The second-order valence-electron chi connectivity index (χ2n) is 12.7. The molecule has 10 aliphatic rings. The molecule has 0 amide bonds. The molecule has 4 unspecified atom stereocenters. The standard InChI is InChI=1S/C13H17O4.C5H5.Fe/c1-8(2)16-12(14)10-6-5-7-11(10)13(15)17-9(3)4;1-2-4-5-3-1;/h5-9H,1-4H3;1-5H;. The van der Waals surface area contributed by atoms with E-state index in [0.717, 1.165) is 28.9 Å². The summed E-state index contributed by atoms with van der Waals surface area (Å²) in [4.78, 5) is 33.6. The molecular formula is C18H22FeO4. The van der Waals surface area contributed by atoms with Crippen LogP contribution in [0.1, 0.15) is 27.7 Å². The maximum atomic E-state index is 13.4. The fraction of sp³-hybridized carbons (Fsp3) is 0.889. The first-order chi connectivity index (χ1) is 10.6. The molecule has 1 spiro atoms. The van der Waals surface area contributed by atoms with Crippen molar-refractivity contribution in [2.24, 2.45) is 0 Å². The van der Waals surface area contributed by atoms with Crippen LogP contribution in [0.5, 0.6) is 0 Å². The van der Waals surface area contributed by atoms with Gasteiger partial charge in [0.25, 0.3) is 0 Å². The van der Waals surface area contributed by atoms with E-state index in [1.165, 1.54) is 0 Å². The Balaban J connectivity index is 1.36. The molecule has 10 saturated heterocycles. The molecule has 10 fully saturated rings. The van der Waals surface area contributed by atoms with Gasteiger partial charge in [0.2, 0.25) is 0 Å². The second-order valence-corrected chi connectivity index (χ2v) is 35.9. The molecule has 10 rings (SSSR count). The van der Waals surface area contributed by atoms with Crippen LogP contribution in [-0.2, 0) is 25.6 Å². The third-order valence-electron chi connectivity index (χ3n) is 16.1. The van der Waals surface area contributed by atoms with E-state index >= 15 is 0 Å². The number of rotatable bonds is 4. The Morgan fingerprint density at radius 1 is 0.739 bits per heavy atom. The molecular weight excluding hydrogens is 336 g/mol. The van der Waals surface area contributed by atoms with E-state index in [4.69, 9.17) is 9.47 Å². The van der Waals surface area contributed by atoms with E-state index < -0.39 is 6.51 Å². The van der Waals surface area contributed by atoms with Crippen LogP contribution in [0.3, 0.4) is 0 Å². The summed E-state index contributed by atoms with van der Waals surface area (Å²) in [5.41, 5.74) is 0. The first kappa shape index (κ1) is 10.5. The molecule has 4 nitrogen and oxygen atoms in total. The minimum atomic E-state index is -4.05. The van der Waals surface area contributed by atoms with Gasteiger partial charge >= 0.3 is 125 Å². The van der Waals surface area contributed by atoms with E-state index in [-0.39, 0.29) is 32.8 Å². The summed E-state index contributed by atoms with van der Waals surface area (Å²) >= 11 is 0. The van der Waals surface area contributed by atoms with Crippen molar-refractivity contribution in [2.75, 3.05) is 0 Å². The number of fused-ring (bicyclic) bond motifs is 10. The quantitative estimate of drug-likeness (QED) is 0.563. The van der Waals surface area contributed by atoms with E-state index in [1.807, 2.05) is 27.7 Å². The molecule has 126 valence electrons. The van der Waals surface area contributed by atoms with Crippen LogP contribution in [0.4, 0.5) is 0 Å².